The van der Waals surface area contributed by atoms with Gasteiger partial charge in [-0.05, 0) is 81.9 Å². The number of nitrogens with zero attached hydrogens (tertiary/aromatic N) is 1. The van der Waals surface area contributed by atoms with Crippen molar-refractivity contribution in [2.45, 2.75) is 27.2 Å². The summed E-state index contributed by atoms with van der Waals surface area (Å²) < 4.78 is 12.1. The molecule has 182 valence electrons. The smallest absolute Gasteiger partial charge is 0.244 e. The number of ether oxygens (including phenoxy) is 1. The fraction of sp³-hybridized carbons (Fsp3) is 0.300. The predicted molar refractivity (Wildman–Crippen MR) is 145 cm³/mol. The van der Waals surface area contributed by atoms with Crippen LogP contribution in [0.15, 0.2) is 65.3 Å². The first-order valence-corrected chi connectivity index (χ1v) is 12.2. The number of carbonyl (C=O) groups is 1. The van der Waals surface area contributed by atoms with Crippen molar-refractivity contribution in [1.29, 1.82) is 0 Å². The summed E-state index contributed by atoms with van der Waals surface area (Å²) in [6.07, 6.45) is 4.39. The van der Waals surface area contributed by atoms with Crippen LogP contribution in [0.3, 0.4) is 0 Å². The molecule has 4 rings (SSSR count). The van der Waals surface area contributed by atoms with Gasteiger partial charge in [-0.3, -0.25) is 4.79 Å². The second-order valence-electron chi connectivity index (χ2n) is 9.17. The van der Waals surface area contributed by atoms with Crippen molar-refractivity contribution in [1.82, 2.24) is 10.2 Å². The molecule has 0 radical (unpaired) electrons. The number of carbonyl (C=O) groups excluding carboxylic acids is 1. The van der Waals surface area contributed by atoms with Crippen LogP contribution >= 0.6 is 0 Å². The zero-order chi connectivity index (χ0) is 24.9. The van der Waals surface area contributed by atoms with Crippen molar-refractivity contribution >= 4 is 33.2 Å². The number of aryl methyl sites for hydroxylation is 1. The van der Waals surface area contributed by atoms with Crippen LogP contribution in [0, 0.1) is 6.92 Å². The molecule has 0 saturated carbocycles. The van der Waals surface area contributed by atoms with E-state index in [0.717, 1.165) is 57.5 Å². The molecule has 5 heteroatoms. The van der Waals surface area contributed by atoms with E-state index in [1.54, 1.807) is 6.08 Å². The Morgan fingerprint density at radius 3 is 2.63 bits per heavy atom. The summed E-state index contributed by atoms with van der Waals surface area (Å²) in [6.45, 7) is 8.04. The minimum Gasteiger partial charge on any atom is -0.493 e. The van der Waals surface area contributed by atoms with Gasteiger partial charge in [-0.1, -0.05) is 36.4 Å². The summed E-state index contributed by atoms with van der Waals surface area (Å²) in [5.74, 6) is 0.664. The molecule has 0 aliphatic rings. The first kappa shape index (κ1) is 24.6. The van der Waals surface area contributed by atoms with Crippen LogP contribution in [0.25, 0.3) is 38.4 Å². The molecule has 0 unspecified atom stereocenters. The molecule has 1 aromatic heterocycles. The molecule has 35 heavy (non-hydrogen) atoms. The van der Waals surface area contributed by atoms with Crippen molar-refractivity contribution in [3.05, 3.63) is 72.0 Å². The van der Waals surface area contributed by atoms with Crippen molar-refractivity contribution in [3.63, 3.8) is 0 Å². The van der Waals surface area contributed by atoms with Gasteiger partial charge in [0.25, 0.3) is 0 Å². The number of benzene rings is 3. The normalized spacial score (nSPS) is 12.0. The van der Waals surface area contributed by atoms with E-state index in [1.807, 2.05) is 47.2 Å². The lowest BCUT2D eigenvalue weighted by Crippen LogP contribution is -2.25. The number of hydrogen-bond acceptors (Lipinski definition) is 4. The molecule has 3 aromatic carbocycles. The summed E-state index contributed by atoms with van der Waals surface area (Å²) in [6, 6.07) is 16.9. The average Bonchev–Trinajstić information content (AvgIpc) is 3.27. The molecule has 0 aliphatic carbocycles. The second kappa shape index (κ2) is 10.8. The van der Waals surface area contributed by atoms with Gasteiger partial charge in [0.2, 0.25) is 5.91 Å². The molecule has 1 N–H and O–H groups in total. The zero-order valence-electron chi connectivity index (χ0n) is 21.3. The Balaban J connectivity index is 1.73. The Hall–Kier alpha value is -3.57. The van der Waals surface area contributed by atoms with E-state index in [4.69, 9.17) is 9.15 Å². The van der Waals surface area contributed by atoms with E-state index < -0.39 is 0 Å². The third kappa shape index (κ3) is 5.41. The van der Waals surface area contributed by atoms with Crippen LogP contribution in [-0.4, -0.2) is 44.6 Å². The molecular formula is C30H34N2O3. The number of nitrogens with one attached hydrogen (secondary N) is 1. The highest BCUT2D eigenvalue weighted by Gasteiger charge is 2.19. The monoisotopic (exact) mass is 470 g/mol. The zero-order valence-corrected chi connectivity index (χ0v) is 21.3. The number of allylic oxidation sites excluding steroid dienone is 1. The van der Waals surface area contributed by atoms with Gasteiger partial charge in [-0.2, -0.15) is 0 Å². The Labute approximate surface area is 207 Å². The van der Waals surface area contributed by atoms with E-state index in [2.05, 4.69) is 52.7 Å². The Bertz CT molecular complexity index is 1380. The fourth-order valence-corrected chi connectivity index (χ4v) is 4.45. The van der Waals surface area contributed by atoms with Gasteiger partial charge in [-0.15, -0.1) is 0 Å². The minimum absolute atomic E-state index is 0.0941. The molecule has 1 amide bonds. The van der Waals surface area contributed by atoms with E-state index in [0.29, 0.717) is 13.2 Å². The summed E-state index contributed by atoms with van der Waals surface area (Å²) in [7, 11) is 4.06. The third-order valence-corrected chi connectivity index (χ3v) is 6.25. The third-order valence-electron chi connectivity index (χ3n) is 6.25. The molecule has 0 saturated heterocycles. The van der Waals surface area contributed by atoms with Crippen LogP contribution in [0.2, 0.25) is 0 Å². The lowest BCUT2D eigenvalue weighted by Gasteiger charge is -2.15. The predicted octanol–water partition coefficient (Wildman–Crippen LogP) is 6.43. The quantitative estimate of drug-likeness (QED) is 0.226. The molecule has 0 fully saturated rings. The number of furan rings is 1. The Kier molecular flexibility index (Phi) is 7.57. The molecule has 1 heterocycles. The molecule has 5 nitrogen and oxygen atoms in total. The number of fused-ring (bicyclic) bond motifs is 2. The number of rotatable bonds is 9. The van der Waals surface area contributed by atoms with Gasteiger partial charge < -0.3 is 19.4 Å². The van der Waals surface area contributed by atoms with E-state index in [-0.39, 0.29) is 5.91 Å². The highest BCUT2D eigenvalue weighted by Crippen LogP contribution is 2.41. The Morgan fingerprint density at radius 1 is 1.11 bits per heavy atom. The molecule has 4 aromatic rings. The van der Waals surface area contributed by atoms with Gasteiger partial charge in [0, 0.05) is 34.7 Å². The van der Waals surface area contributed by atoms with Gasteiger partial charge in [-0.25, -0.2) is 0 Å². The average molecular weight is 471 g/mol. The lowest BCUT2D eigenvalue weighted by molar-refractivity contribution is -0.116. The maximum atomic E-state index is 12.6. The van der Waals surface area contributed by atoms with Crippen molar-refractivity contribution in [2.75, 3.05) is 33.8 Å². The first-order valence-electron chi connectivity index (χ1n) is 12.2. The van der Waals surface area contributed by atoms with E-state index in [9.17, 15) is 4.79 Å². The number of amides is 1. The minimum atomic E-state index is -0.0941. The summed E-state index contributed by atoms with van der Waals surface area (Å²) in [5, 5.41) is 6.39. The fourth-order valence-electron chi connectivity index (χ4n) is 4.45. The second-order valence-corrected chi connectivity index (χ2v) is 9.17. The van der Waals surface area contributed by atoms with E-state index in [1.165, 1.54) is 10.8 Å². The van der Waals surface area contributed by atoms with Crippen LogP contribution in [0.5, 0.6) is 5.75 Å². The van der Waals surface area contributed by atoms with Gasteiger partial charge >= 0.3 is 0 Å². The van der Waals surface area contributed by atoms with E-state index >= 15 is 0 Å². The highest BCUT2D eigenvalue weighted by atomic mass is 16.5. The maximum Gasteiger partial charge on any atom is 0.244 e. The SMILES string of the molecule is CCOc1c(/C(C)=C/C(=O)NCCCN(C)C)cc2c(-c3ccc4ccccc4c3)coc2c1C. The largest absolute Gasteiger partial charge is 0.493 e. The van der Waals surface area contributed by atoms with Gasteiger partial charge in [0.15, 0.2) is 0 Å². The molecule has 0 spiro atoms. The maximum absolute atomic E-state index is 12.6. The number of hydrogen-bond donors (Lipinski definition) is 1. The highest BCUT2D eigenvalue weighted by molar-refractivity contribution is 6.02. The molecule has 0 aliphatic heterocycles. The Morgan fingerprint density at radius 2 is 1.89 bits per heavy atom. The molecular weight excluding hydrogens is 436 g/mol. The van der Waals surface area contributed by atoms with Gasteiger partial charge in [0.05, 0.1) is 12.9 Å². The van der Waals surface area contributed by atoms with Crippen LogP contribution < -0.4 is 10.1 Å². The van der Waals surface area contributed by atoms with Gasteiger partial charge in [0.1, 0.15) is 11.3 Å². The van der Waals surface area contributed by atoms with Crippen LogP contribution in [0.4, 0.5) is 0 Å². The summed E-state index contributed by atoms with van der Waals surface area (Å²) in [4.78, 5) is 14.7. The topological polar surface area (TPSA) is 54.7 Å². The van der Waals surface area contributed by atoms with Crippen LogP contribution in [0.1, 0.15) is 31.4 Å². The van der Waals surface area contributed by atoms with Crippen molar-refractivity contribution < 1.29 is 13.9 Å². The summed E-state index contributed by atoms with van der Waals surface area (Å²) in [5.41, 5.74) is 5.63. The molecule has 0 bridgehead atoms. The van der Waals surface area contributed by atoms with Crippen LogP contribution in [-0.2, 0) is 4.79 Å². The molecule has 0 atom stereocenters. The standard InChI is InChI=1S/C30H34N2O3/c1-6-34-29-21(3)30-26(18-25(29)20(2)16-28(33)31-14-9-15-32(4)5)27(19-35-30)24-13-12-22-10-7-8-11-23(22)17-24/h7-8,10-13,16-19H,6,9,14-15H2,1-5H3,(H,31,33)/b20-16+. The first-order chi connectivity index (χ1) is 16.9. The van der Waals surface area contributed by atoms with Crippen molar-refractivity contribution in [3.8, 4) is 16.9 Å². The van der Waals surface area contributed by atoms with Crippen molar-refractivity contribution in [2.24, 2.45) is 0 Å². The summed E-state index contributed by atoms with van der Waals surface area (Å²) >= 11 is 0. The lowest BCUT2D eigenvalue weighted by atomic mass is 9.95.